The predicted octanol–water partition coefficient (Wildman–Crippen LogP) is 3.52. The van der Waals surface area contributed by atoms with Crippen molar-refractivity contribution >= 4 is 11.8 Å². The summed E-state index contributed by atoms with van der Waals surface area (Å²) in [6.45, 7) is 9.93. The first kappa shape index (κ1) is 19.5. The zero-order valence-corrected chi connectivity index (χ0v) is 15.9. The molecule has 2 aromatic carbocycles. The van der Waals surface area contributed by atoms with E-state index in [0.29, 0.717) is 11.3 Å². The average molecular weight is 354 g/mol. The van der Waals surface area contributed by atoms with E-state index in [1.54, 1.807) is 31.2 Å². The minimum absolute atomic E-state index is 0.0198. The lowest BCUT2D eigenvalue weighted by atomic mass is 9.87. The van der Waals surface area contributed by atoms with Gasteiger partial charge >= 0.3 is 0 Å². The molecule has 2 N–H and O–H groups in total. The second-order valence-corrected chi connectivity index (χ2v) is 7.34. The Morgan fingerprint density at radius 1 is 0.923 bits per heavy atom. The van der Waals surface area contributed by atoms with Gasteiger partial charge in [-0.1, -0.05) is 50.6 Å². The Balaban J connectivity index is 1.87. The zero-order valence-electron chi connectivity index (χ0n) is 15.9. The molecule has 1 atom stereocenters. The number of rotatable bonds is 4. The summed E-state index contributed by atoms with van der Waals surface area (Å²) in [5.41, 5.74) is 7.55. The second-order valence-electron chi connectivity index (χ2n) is 7.34. The van der Waals surface area contributed by atoms with Gasteiger partial charge in [0.2, 0.25) is 0 Å². The van der Waals surface area contributed by atoms with Crippen molar-refractivity contribution in [2.45, 2.75) is 46.1 Å². The van der Waals surface area contributed by atoms with Crippen LogP contribution in [0.3, 0.4) is 0 Å². The number of ether oxygens (including phenoxy) is 1. The number of hydrogen-bond acceptors (Lipinski definition) is 3. The van der Waals surface area contributed by atoms with Crippen molar-refractivity contribution in [3.05, 3.63) is 65.2 Å². The maximum absolute atomic E-state index is 12.2. The first-order valence-electron chi connectivity index (χ1n) is 8.61. The van der Waals surface area contributed by atoms with Crippen molar-refractivity contribution in [3.63, 3.8) is 0 Å². The average Bonchev–Trinajstić information content (AvgIpc) is 2.60. The number of hydrazine groups is 1. The van der Waals surface area contributed by atoms with E-state index in [1.165, 1.54) is 0 Å². The number of hydrogen-bond donors (Lipinski definition) is 2. The third-order valence-electron chi connectivity index (χ3n) is 4.02. The predicted molar refractivity (Wildman–Crippen MR) is 102 cm³/mol. The summed E-state index contributed by atoms with van der Waals surface area (Å²) in [5.74, 6) is -0.200. The highest BCUT2D eigenvalue weighted by atomic mass is 16.5. The monoisotopic (exact) mass is 354 g/mol. The lowest BCUT2D eigenvalue weighted by Gasteiger charge is -2.19. The smallest absolute Gasteiger partial charge is 0.279 e. The fourth-order valence-corrected chi connectivity index (χ4v) is 2.29. The molecular weight excluding hydrogens is 328 g/mol. The van der Waals surface area contributed by atoms with E-state index in [0.717, 1.165) is 11.1 Å². The summed E-state index contributed by atoms with van der Waals surface area (Å²) in [5, 5.41) is 0. The van der Waals surface area contributed by atoms with Crippen LogP contribution in [-0.2, 0) is 10.2 Å². The summed E-state index contributed by atoms with van der Waals surface area (Å²) in [6, 6.07) is 14.7. The van der Waals surface area contributed by atoms with E-state index in [-0.39, 0.29) is 11.3 Å². The fourth-order valence-electron chi connectivity index (χ4n) is 2.29. The Morgan fingerprint density at radius 3 is 2.04 bits per heavy atom. The Hall–Kier alpha value is -2.82. The van der Waals surface area contributed by atoms with Gasteiger partial charge in [0.1, 0.15) is 5.75 Å². The van der Waals surface area contributed by atoms with E-state index in [9.17, 15) is 9.59 Å². The first-order valence-corrected chi connectivity index (χ1v) is 8.61. The lowest BCUT2D eigenvalue weighted by molar-refractivity contribution is -0.128. The summed E-state index contributed by atoms with van der Waals surface area (Å²) in [6.07, 6.45) is -0.735. The molecule has 0 aromatic heterocycles. The Morgan fingerprint density at radius 2 is 1.50 bits per heavy atom. The number of nitrogens with one attached hydrogen (secondary N) is 2. The number of aryl methyl sites for hydroxylation is 1. The van der Waals surface area contributed by atoms with E-state index in [1.807, 2.05) is 31.2 Å². The molecule has 0 spiro atoms. The molecule has 2 amide bonds. The SMILES string of the molecule is Cc1ccc(OC(C)C(=O)NNC(=O)c2ccc(C(C)(C)C)cc2)cc1. The van der Waals surface area contributed by atoms with Gasteiger partial charge in [0, 0.05) is 5.56 Å². The molecule has 5 heteroatoms. The van der Waals surface area contributed by atoms with Crippen LogP contribution >= 0.6 is 0 Å². The molecule has 26 heavy (non-hydrogen) atoms. The van der Waals surface area contributed by atoms with Gasteiger partial charge in [0.15, 0.2) is 6.10 Å². The van der Waals surface area contributed by atoms with E-state index < -0.39 is 12.0 Å². The third-order valence-corrected chi connectivity index (χ3v) is 4.02. The van der Waals surface area contributed by atoms with Gasteiger partial charge in [0.25, 0.3) is 11.8 Å². The van der Waals surface area contributed by atoms with Gasteiger partial charge in [-0.2, -0.15) is 0 Å². The van der Waals surface area contributed by atoms with Crippen molar-refractivity contribution in [2.75, 3.05) is 0 Å². The Kier molecular flexibility index (Phi) is 6.03. The topological polar surface area (TPSA) is 67.4 Å². The van der Waals surface area contributed by atoms with Gasteiger partial charge in [-0.3, -0.25) is 20.4 Å². The molecule has 1 unspecified atom stereocenters. The normalized spacial score (nSPS) is 12.2. The zero-order chi connectivity index (χ0) is 19.3. The van der Waals surface area contributed by atoms with Crippen molar-refractivity contribution in [1.29, 1.82) is 0 Å². The molecule has 0 aliphatic rings. The lowest BCUT2D eigenvalue weighted by Crippen LogP contribution is -2.47. The van der Waals surface area contributed by atoms with Gasteiger partial charge in [0.05, 0.1) is 0 Å². The van der Waals surface area contributed by atoms with Crippen LogP contribution in [0.25, 0.3) is 0 Å². The highest BCUT2D eigenvalue weighted by Gasteiger charge is 2.17. The minimum atomic E-state index is -0.735. The minimum Gasteiger partial charge on any atom is -0.481 e. The number of amides is 2. The van der Waals surface area contributed by atoms with Crippen molar-refractivity contribution in [3.8, 4) is 5.75 Å². The molecule has 0 saturated carbocycles. The number of benzene rings is 2. The van der Waals surface area contributed by atoms with Gasteiger partial charge in [-0.15, -0.1) is 0 Å². The van der Waals surface area contributed by atoms with Crippen LogP contribution in [-0.4, -0.2) is 17.9 Å². The molecule has 0 saturated heterocycles. The van der Waals surface area contributed by atoms with Crippen LogP contribution in [0.2, 0.25) is 0 Å². The standard InChI is InChI=1S/C21H26N2O3/c1-14-6-12-18(13-7-14)26-15(2)19(24)22-23-20(25)16-8-10-17(11-9-16)21(3,4)5/h6-13,15H,1-5H3,(H,22,24)(H,23,25). The Bertz CT molecular complexity index is 759. The van der Waals surface area contributed by atoms with Crippen LogP contribution in [0.1, 0.15) is 49.2 Å². The fraction of sp³-hybridized carbons (Fsp3) is 0.333. The summed E-state index contributed by atoms with van der Waals surface area (Å²) >= 11 is 0. The highest BCUT2D eigenvalue weighted by Crippen LogP contribution is 2.22. The molecule has 0 aliphatic carbocycles. The number of carbonyl (C=O) groups excluding carboxylic acids is 2. The molecule has 0 bridgehead atoms. The molecule has 2 rings (SSSR count). The Labute approximate surface area is 154 Å². The van der Waals surface area contributed by atoms with Crippen LogP contribution < -0.4 is 15.6 Å². The molecular formula is C21H26N2O3. The maximum atomic E-state index is 12.2. The first-order chi connectivity index (χ1) is 12.2. The third kappa shape index (κ3) is 5.34. The molecule has 0 heterocycles. The van der Waals surface area contributed by atoms with Gasteiger partial charge in [-0.05, 0) is 49.1 Å². The van der Waals surface area contributed by atoms with E-state index in [2.05, 4.69) is 31.6 Å². The molecule has 0 aliphatic heterocycles. The molecule has 2 aromatic rings. The largest absolute Gasteiger partial charge is 0.481 e. The molecule has 0 fully saturated rings. The van der Waals surface area contributed by atoms with Crippen LogP contribution in [0, 0.1) is 6.92 Å². The second kappa shape index (κ2) is 8.04. The van der Waals surface area contributed by atoms with Crippen molar-refractivity contribution < 1.29 is 14.3 Å². The van der Waals surface area contributed by atoms with Crippen LogP contribution in [0.5, 0.6) is 5.75 Å². The molecule has 5 nitrogen and oxygen atoms in total. The van der Waals surface area contributed by atoms with Gasteiger partial charge < -0.3 is 4.74 Å². The van der Waals surface area contributed by atoms with Crippen LogP contribution in [0.4, 0.5) is 0 Å². The number of carbonyl (C=O) groups is 2. The van der Waals surface area contributed by atoms with Crippen molar-refractivity contribution in [1.82, 2.24) is 10.9 Å². The summed E-state index contributed by atoms with van der Waals surface area (Å²) in [7, 11) is 0. The van der Waals surface area contributed by atoms with Gasteiger partial charge in [-0.25, -0.2) is 0 Å². The highest BCUT2D eigenvalue weighted by molar-refractivity contribution is 5.95. The van der Waals surface area contributed by atoms with E-state index >= 15 is 0 Å². The van der Waals surface area contributed by atoms with E-state index in [4.69, 9.17) is 4.74 Å². The molecule has 138 valence electrons. The summed E-state index contributed by atoms with van der Waals surface area (Å²) in [4.78, 5) is 24.2. The quantitative estimate of drug-likeness (QED) is 0.826. The van der Waals surface area contributed by atoms with Crippen LogP contribution in [0.15, 0.2) is 48.5 Å². The maximum Gasteiger partial charge on any atom is 0.279 e. The van der Waals surface area contributed by atoms with Crippen molar-refractivity contribution in [2.24, 2.45) is 0 Å². The molecule has 0 radical (unpaired) electrons. The summed E-state index contributed by atoms with van der Waals surface area (Å²) < 4.78 is 5.56.